The number of methoxy groups -OCH3 is 1. The first-order valence-corrected chi connectivity index (χ1v) is 9.34. The van der Waals surface area contributed by atoms with E-state index >= 15 is 0 Å². The molecule has 0 aliphatic heterocycles. The molecule has 0 saturated heterocycles. The fraction of sp³-hybridized carbons (Fsp3) is 0.217. The van der Waals surface area contributed by atoms with Crippen molar-refractivity contribution in [2.45, 2.75) is 26.2 Å². The van der Waals surface area contributed by atoms with Gasteiger partial charge in [0.2, 0.25) is 0 Å². The maximum atomic E-state index is 12.3. The van der Waals surface area contributed by atoms with Gasteiger partial charge < -0.3 is 19.5 Å². The highest BCUT2D eigenvalue weighted by molar-refractivity contribution is 5.80. The Morgan fingerprint density at radius 3 is 2.52 bits per heavy atom. The molecule has 0 saturated carbocycles. The number of nitrogens with one attached hydrogen (secondary N) is 1. The molecule has 1 aromatic heterocycles. The molecule has 2 aromatic carbocycles. The summed E-state index contributed by atoms with van der Waals surface area (Å²) in [6.45, 7) is 2.49. The van der Waals surface area contributed by atoms with Gasteiger partial charge in [0.05, 0.1) is 12.8 Å². The summed E-state index contributed by atoms with van der Waals surface area (Å²) in [6.07, 6.45) is 1.12. The van der Waals surface area contributed by atoms with Gasteiger partial charge >= 0.3 is 0 Å². The quantitative estimate of drug-likeness (QED) is 0.601. The average Bonchev–Trinajstić information content (AvgIpc) is 2.77. The Morgan fingerprint density at radius 1 is 1.00 bits per heavy atom. The number of nitrogens with zero attached hydrogens (tertiary/aromatic N) is 1. The molecule has 3 rings (SSSR count). The van der Waals surface area contributed by atoms with Gasteiger partial charge in [-0.05, 0) is 61.0 Å². The Labute approximate surface area is 170 Å². The Balaban J connectivity index is 1.48. The molecule has 1 unspecified atom stereocenters. The zero-order valence-corrected chi connectivity index (χ0v) is 16.5. The van der Waals surface area contributed by atoms with E-state index < -0.39 is 6.10 Å². The summed E-state index contributed by atoms with van der Waals surface area (Å²) in [4.78, 5) is 16.6. The first kappa shape index (κ1) is 20.2. The van der Waals surface area contributed by atoms with Crippen molar-refractivity contribution >= 4 is 5.91 Å². The van der Waals surface area contributed by atoms with Crippen molar-refractivity contribution < 1.29 is 19.0 Å². The lowest BCUT2D eigenvalue weighted by molar-refractivity contribution is -0.127. The highest BCUT2D eigenvalue weighted by Crippen LogP contribution is 2.18. The predicted octanol–water partition coefficient (Wildman–Crippen LogP) is 3.75. The molecule has 1 heterocycles. The van der Waals surface area contributed by atoms with Gasteiger partial charge in [0.15, 0.2) is 6.10 Å². The summed E-state index contributed by atoms with van der Waals surface area (Å²) in [7, 11) is 1.60. The number of ether oxygens (including phenoxy) is 3. The largest absolute Gasteiger partial charge is 0.497 e. The van der Waals surface area contributed by atoms with Crippen molar-refractivity contribution in [3.8, 4) is 17.2 Å². The Kier molecular flexibility index (Phi) is 7.05. The summed E-state index contributed by atoms with van der Waals surface area (Å²) in [5.41, 5.74) is 1.80. The number of benzene rings is 2. The van der Waals surface area contributed by atoms with Crippen LogP contribution in [0, 0.1) is 0 Å². The van der Waals surface area contributed by atoms with Crippen LogP contribution in [0.3, 0.4) is 0 Å². The van der Waals surface area contributed by atoms with Crippen LogP contribution in [0.5, 0.6) is 17.2 Å². The van der Waals surface area contributed by atoms with Crippen molar-refractivity contribution in [1.29, 1.82) is 0 Å². The molecule has 0 bridgehead atoms. The minimum Gasteiger partial charge on any atom is -0.497 e. The van der Waals surface area contributed by atoms with Gasteiger partial charge in [-0.3, -0.25) is 9.78 Å². The van der Waals surface area contributed by atoms with Crippen LogP contribution in [0.2, 0.25) is 0 Å². The lowest BCUT2D eigenvalue weighted by Crippen LogP contribution is -2.35. The van der Waals surface area contributed by atoms with E-state index in [0.29, 0.717) is 18.9 Å². The molecule has 0 fully saturated rings. The third kappa shape index (κ3) is 6.24. The van der Waals surface area contributed by atoms with Gasteiger partial charge in [-0.1, -0.05) is 18.2 Å². The first-order chi connectivity index (χ1) is 14.1. The van der Waals surface area contributed by atoms with E-state index in [9.17, 15) is 4.79 Å². The van der Waals surface area contributed by atoms with Crippen LogP contribution < -0.4 is 19.5 Å². The zero-order chi connectivity index (χ0) is 20.5. The van der Waals surface area contributed by atoms with Crippen LogP contribution in [0.15, 0.2) is 72.9 Å². The molecule has 1 atom stereocenters. The molecule has 0 aliphatic carbocycles. The van der Waals surface area contributed by atoms with Gasteiger partial charge in [-0.25, -0.2) is 0 Å². The molecule has 0 radical (unpaired) electrons. The third-order valence-electron chi connectivity index (χ3n) is 4.22. The summed E-state index contributed by atoms with van der Waals surface area (Å²) < 4.78 is 16.6. The maximum absolute atomic E-state index is 12.3. The number of rotatable bonds is 9. The van der Waals surface area contributed by atoms with Gasteiger partial charge in [0.25, 0.3) is 5.91 Å². The smallest absolute Gasteiger partial charge is 0.261 e. The predicted molar refractivity (Wildman–Crippen MR) is 110 cm³/mol. The van der Waals surface area contributed by atoms with E-state index in [0.717, 1.165) is 22.8 Å². The normalized spacial score (nSPS) is 11.4. The van der Waals surface area contributed by atoms with Gasteiger partial charge in [0, 0.05) is 12.7 Å². The van der Waals surface area contributed by atoms with Crippen molar-refractivity contribution in [3.63, 3.8) is 0 Å². The fourth-order valence-electron chi connectivity index (χ4n) is 2.63. The average molecular weight is 392 g/mol. The van der Waals surface area contributed by atoms with Crippen molar-refractivity contribution in [1.82, 2.24) is 10.3 Å². The lowest BCUT2D eigenvalue weighted by atomic mass is 10.2. The maximum Gasteiger partial charge on any atom is 0.261 e. The number of hydrogen-bond donors (Lipinski definition) is 1. The topological polar surface area (TPSA) is 69.7 Å². The Morgan fingerprint density at radius 2 is 1.79 bits per heavy atom. The molecule has 0 spiro atoms. The number of aromatic nitrogens is 1. The van der Waals surface area contributed by atoms with Crippen molar-refractivity contribution in [2.24, 2.45) is 0 Å². The van der Waals surface area contributed by atoms with Crippen LogP contribution >= 0.6 is 0 Å². The van der Waals surface area contributed by atoms with Crippen LogP contribution in [-0.4, -0.2) is 24.1 Å². The van der Waals surface area contributed by atoms with E-state index in [1.165, 1.54) is 0 Å². The van der Waals surface area contributed by atoms with Crippen LogP contribution in [-0.2, 0) is 17.9 Å². The monoisotopic (exact) mass is 392 g/mol. The van der Waals surface area contributed by atoms with Crippen LogP contribution in [0.25, 0.3) is 0 Å². The van der Waals surface area contributed by atoms with E-state index in [-0.39, 0.29) is 5.91 Å². The van der Waals surface area contributed by atoms with Gasteiger partial charge in [-0.2, -0.15) is 0 Å². The Bertz CT molecular complexity index is 914. The molecular formula is C23H24N2O4. The molecular weight excluding hydrogens is 368 g/mol. The number of carbonyl (C=O) groups is 1. The summed E-state index contributed by atoms with van der Waals surface area (Å²) in [5.74, 6) is 1.88. The minimum atomic E-state index is -0.619. The molecule has 6 heteroatoms. The SMILES string of the molecule is COc1ccc(OC(C)C(=O)NCc2cccc(OCc3ccccn3)c2)cc1. The molecule has 1 N–H and O–H groups in total. The number of amides is 1. The van der Waals surface area contributed by atoms with E-state index in [2.05, 4.69) is 10.3 Å². The van der Waals surface area contributed by atoms with E-state index in [1.54, 1.807) is 44.5 Å². The molecule has 3 aromatic rings. The first-order valence-electron chi connectivity index (χ1n) is 9.34. The van der Waals surface area contributed by atoms with E-state index in [4.69, 9.17) is 14.2 Å². The second-order valence-electron chi connectivity index (χ2n) is 6.41. The zero-order valence-electron chi connectivity index (χ0n) is 16.5. The Hall–Kier alpha value is -3.54. The number of carbonyl (C=O) groups excluding carboxylic acids is 1. The van der Waals surface area contributed by atoms with E-state index in [1.807, 2.05) is 42.5 Å². The summed E-state index contributed by atoms with van der Waals surface area (Å²) in [6, 6.07) is 20.4. The molecule has 150 valence electrons. The third-order valence-corrected chi connectivity index (χ3v) is 4.22. The number of pyridine rings is 1. The molecule has 1 amide bonds. The van der Waals surface area contributed by atoms with Gasteiger partial charge in [-0.15, -0.1) is 0 Å². The van der Waals surface area contributed by atoms with Crippen molar-refractivity contribution in [3.05, 3.63) is 84.2 Å². The fourth-order valence-corrected chi connectivity index (χ4v) is 2.63. The summed E-state index contributed by atoms with van der Waals surface area (Å²) >= 11 is 0. The number of hydrogen-bond acceptors (Lipinski definition) is 5. The highest BCUT2D eigenvalue weighted by Gasteiger charge is 2.14. The van der Waals surface area contributed by atoms with Gasteiger partial charge in [0.1, 0.15) is 23.9 Å². The molecule has 6 nitrogen and oxygen atoms in total. The van der Waals surface area contributed by atoms with Crippen LogP contribution in [0.1, 0.15) is 18.2 Å². The standard InChI is InChI=1S/C23H24N2O4/c1-17(29-21-11-9-20(27-2)10-12-21)23(26)25-15-18-6-5-8-22(14-18)28-16-19-7-3-4-13-24-19/h3-14,17H,15-16H2,1-2H3,(H,25,26). The highest BCUT2D eigenvalue weighted by atomic mass is 16.5. The molecule has 0 aliphatic rings. The second kappa shape index (κ2) is 10.1. The summed E-state index contributed by atoms with van der Waals surface area (Å²) in [5, 5.41) is 2.89. The minimum absolute atomic E-state index is 0.194. The lowest BCUT2D eigenvalue weighted by Gasteiger charge is -2.15. The second-order valence-corrected chi connectivity index (χ2v) is 6.41. The molecule has 29 heavy (non-hydrogen) atoms. The van der Waals surface area contributed by atoms with Crippen LogP contribution in [0.4, 0.5) is 0 Å². The van der Waals surface area contributed by atoms with Crippen molar-refractivity contribution in [2.75, 3.05) is 7.11 Å².